The summed E-state index contributed by atoms with van der Waals surface area (Å²) in [7, 11) is 1.25. The lowest BCUT2D eigenvalue weighted by Crippen LogP contribution is -2.45. The van der Waals surface area contributed by atoms with Gasteiger partial charge >= 0.3 is 5.97 Å². The van der Waals surface area contributed by atoms with Crippen LogP contribution >= 0.6 is 23.2 Å². The van der Waals surface area contributed by atoms with Gasteiger partial charge in [0.2, 0.25) is 0 Å². The third-order valence-electron chi connectivity index (χ3n) is 4.98. The summed E-state index contributed by atoms with van der Waals surface area (Å²) in [5.41, 5.74) is 1.35. The SMILES string of the molecule is CO/N=C(\C(=O)N[C@@H](Cc1ccc(NC(=O)c2c(Cl)cccc2Cl)cc1)C(=O)O)c1ccc(O)cc1. The highest BCUT2D eigenvalue weighted by atomic mass is 35.5. The maximum Gasteiger partial charge on any atom is 0.326 e. The van der Waals surface area contributed by atoms with Crippen LogP contribution in [0.5, 0.6) is 5.75 Å². The fourth-order valence-electron chi connectivity index (χ4n) is 3.23. The zero-order chi connectivity index (χ0) is 26.2. The standard InChI is InChI=1S/C25H21Cl2N3O6/c1-36-30-22(15-7-11-17(31)12-8-15)24(33)29-20(25(34)35)13-14-5-9-16(10-6-14)28-23(32)21-18(26)3-2-4-19(21)27/h2-12,20,31H,13H2,1H3,(H,28,32)(H,29,33)(H,34,35)/b30-22-/t20-/m0/s1. The molecule has 0 aliphatic rings. The summed E-state index contributed by atoms with van der Waals surface area (Å²) in [4.78, 5) is 41.9. The molecule has 3 rings (SSSR count). The third-order valence-corrected chi connectivity index (χ3v) is 5.61. The average Bonchev–Trinajstić information content (AvgIpc) is 2.83. The number of phenolic OH excluding ortho intramolecular Hbond substituents is 1. The monoisotopic (exact) mass is 529 g/mol. The van der Waals surface area contributed by atoms with Gasteiger partial charge in [-0.15, -0.1) is 0 Å². The molecule has 0 radical (unpaired) electrons. The van der Waals surface area contributed by atoms with Crippen molar-refractivity contribution in [2.24, 2.45) is 5.16 Å². The van der Waals surface area contributed by atoms with Crippen molar-refractivity contribution in [1.29, 1.82) is 0 Å². The van der Waals surface area contributed by atoms with Gasteiger partial charge in [-0.05, 0) is 54.1 Å². The Bertz CT molecular complexity index is 1270. The Hall–Kier alpha value is -4.08. The molecule has 3 aromatic rings. The number of aromatic hydroxyl groups is 1. The van der Waals surface area contributed by atoms with E-state index in [9.17, 15) is 24.6 Å². The first-order chi connectivity index (χ1) is 17.2. The number of oxime groups is 1. The number of nitrogens with one attached hydrogen (secondary N) is 2. The number of carbonyl (C=O) groups excluding carboxylic acids is 2. The van der Waals surface area contributed by atoms with Crippen molar-refractivity contribution >= 4 is 52.4 Å². The molecular formula is C25H21Cl2N3O6. The third kappa shape index (κ3) is 6.74. The van der Waals surface area contributed by atoms with E-state index in [2.05, 4.69) is 15.8 Å². The van der Waals surface area contributed by atoms with Crippen molar-refractivity contribution in [3.8, 4) is 5.75 Å². The van der Waals surface area contributed by atoms with Crippen LogP contribution in [-0.2, 0) is 20.8 Å². The van der Waals surface area contributed by atoms with Crippen LogP contribution in [-0.4, -0.2) is 46.9 Å². The molecule has 0 spiro atoms. The fraction of sp³-hybridized carbons (Fsp3) is 0.120. The number of carboxylic acids is 1. The first-order valence-electron chi connectivity index (χ1n) is 10.5. The maximum absolute atomic E-state index is 12.8. The highest BCUT2D eigenvalue weighted by molar-refractivity contribution is 6.45. The Morgan fingerprint density at radius 1 is 0.972 bits per heavy atom. The number of halogens is 2. The lowest BCUT2D eigenvalue weighted by molar-refractivity contribution is -0.141. The van der Waals surface area contributed by atoms with Gasteiger partial charge in [-0.3, -0.25) is 9.59 Å². The zero-order valence-electron chi connectivity index (χ0n) is 18.9. The van der Waals surface area contributed by atoms with Crippen molar-refractivity contribution in [1.82, 2.24) is 5.32 Å². The predicted molar refractivity (Wildman–Crippen MR) is 136 cm³/mol. The minimum Gasteiger partial charge on any atom is -0.508 e. The van der Waals surface area contributed by atoms with E-state index < -0.39 is 23.8 Å². The quantitative estimate of drug-likeness (QED) is 0.243. The first kappa shape index (κ1) is 26.5. The summed E-state index contributed by atoms with van der Waals surface area (Å²) in [5, 5.41) is 28.3. The van der Waals surface area contributed by atoms with Gasteiger partial charge in [-0.1, -0.05) is 46.6 Å². The maximum atomic E-state index is 12.8. The van der Waals surface area contributed by atoms with E-state index in [0.29, 0.717) is 16.8 Å². The topological polar surface area (TPSA) is 137 Å². The van der Waals surface area contributed by atoms with E-state index in [-0.39, 0.29) is 33.5 Å². The number of amides is 2. The number of nitrogens with zero attached hydrogens (tertiary/aromatic N) is 1. The Labute approximate surface area is 216 Å². The van der Waals surface area contributed by atoms with Crippen LogP contribution in [0, 0.1) is 0 Å². The Morgan fingerprint density at radius 3 is 2.14 bits per heavy atom. The van der Waals surface area contributed by atoms with Crippen molar-refractivity contribution in [2.75, 3.05) is 12.4 Å². The van der Waals surface area contributed by atoms with E-state index in [4.69, 9.17) is 28.0 Å². The van der Waals surface area contributed by atoms with Crippen LogP contribution in [0.4, 0.5) is 5.69 Å². The Morgan fingerprint density at radius 2 is 1.58 bits per heavy atom. The van der Waals surface area contributed by atoms with Crippen LogP contribution in [0.25, 0.3) is 0 Å². The van der Waals surface area contributed by atoms with Crippen molar-refractivity contribution in [3.63, 3.8) is 0 Å². The lowest BCUT2D eigenvalue weighted by atomic mass is 10.0. The molecule has 0 saturated carbocycles. The molecule has 0 aromatic heterocycles. The van der Waals surface area contributed by atoms with E-state index in [1.807, 2.05) is 0 Å². The van der Waals surface area contributed by atoms with Crippen LogP contribution in [0.1, 0.15) is 21.5 Å². The molecule has 2 amide bonds. The van der Waals surface area contributed by atoms with E-state index >= 15 is 0 Å². The number of hydrogen-bond donors (Lipinski definition) is 4. The van der Waals surface area contributed by atoms with E-state index in [1.165, 1.54) is 31.4 Å². The minimum absolute atomic E-state index is 0.00561. The van der Waals surface area contributed by atoms with Gasteiger partial charge in [0, 0.05) is 17.7 Å². The van der Waals surface area contributed by atoms with Gasteiger partial charge in [-0.25, -0.2) is 4.79 Å². The highest BCUT2D eigenvalue weighted by Gasteiger charge is 2.24. The van der Waals surface area contributed by atoms with Crippen LogP contribution < -0.4 is 10.6 Å². The number of carbonyl (C=O) groups is 3. The fourth-order valence-corrected chi connectivity index (χ4v) is 3.80. The molecular weight excluding hydrogens is 509 g/mol. The largest absolute Gasteiger partial charge is 0.508 e. The lowest BCUT2D eigenvalue weighted by Gasteiger charge is -2.16. The molecule has 0 aliphatic carbocycles. The van der Waals surface area contributed by atoms with Gasteiger partial charge in [0.15, 0.2) is 5.71 Å². The van der Waals surface area contributed by atoms with Crippen molar-refractivity contribution < 1.29 is 29.4 Å². The van der Waals surface area contributed by atoms with Gasteiger partial charge in [-0.2, -0.15) is 0 Å². The Balaban J connectivity index is 1.70. The zero-order valence-corrected chi connectivity index (χ0v) is 20.4. The second-order valence-electron chi connectivity index (χ2n) is 7.49. The van der Waals surface area contributed by atoms with Gasteiger partial charge in [0.25, 0.3) is 11.8 Å². The van der Waals surface area contributed by atoms with Gasteiger partial charge < -0.3 is 25.7 Å². The number of hydrogen-bond acceptors (Lipinski definition) is 6. The molecule has 0 heterocycles. The molecule has 4 N–H and O–H groups in total. The molecule has 36 heavy (non-hydrogen) atoms. The van der Waals surface area contributed by atoms with E-state index in [0.717, 1.165) is 0 Å². The van der Waals surface area contributed by atoms with Crippen LogP contribution in [0.15, 0.2) is 71.9 Å². The number of benzene rings is 3. The van der Waals surface area contributed by atoms with E-state index in [1.54, 1.807) is 42.5 Å². The normalized spacial score (nSPS) is 11.9. The second kappa shape index (κ2) is 12.1. The number of aliphatic carboxylic acids is 1. The number of carboxylic acid groups (broad SMARTS) is 1. The number of rotatable bonds is 9. The summed E-state index contributed by atoms with van der Waals surface area (Å²) < 4.78 is 0. The average molecular weight is 530 g/mol. The number of anilines is 1. The molecule has 0 saturated heterocycles. The second-order valence-corrected chi connectivity index (χ2v) is 8.30. The molecule has 9 nitrogen and oxygen atoms in total. The van der Waals surface area contributed by atoms with Crippen LogP contribution in [0.3, 0.4) is 0 Å². The molecule has 3 aromatic carbocycles. The smallest absolute Gasteiger partial charge is 0.326 e. The molecule has 0 unspecified atom stereocenters. The minimum atomic E-state index is -1.28. The van der Waals surface area contributed by atoms with Gasteiger partial charge in [0.05, 0.1) is 15.6 Å². The molecule has 0 bridgehead atoms. The molecule has 1 atom stereocenters. The summed E-state index contributed by atoms with van der Waals surface area (Å²) in [6, 6.07) is 15.5. The van der Waals surface area contributed by atoms with Crippen LogP contribution in [0.2, 0.25) is 10.0 Å². The molecule has 11 heteroatoms. The number of phenols is 1. The molecule has 0 fully saturated rings. The first-order valence-corrected chi connectivity index (χ1v) is 11.2. The molecule has 186 valence electrons. The Kier molecular flexibility index (Phi) is 8.88. The van der Waals surface area contributed by atoms with Crippen molar-refractivity contribution in [2.45, 2.75) is 12.5 Å². The summed E-state index contributed by atoms with van der Waals surface area (Å²) in [6.45, 7) is 0. The highest BCUT2D eigenvalue weighted by Crippen LogP contribution is 2.25. The van der Waals surface area contributed by atoms with Gasteiger partial charge in [0.1, 0.15) is 18.9 Å². The summed E-state index contributed by atoms with van der Waals surface area (Å²) in [6.07, 6.45) is -0.0402. The molecule has 0 aliphatic heterocycles. The summed E-state index contributed by atoms with van der Waals surface area (Å²) >= 11 is 12.1. The summed E-state index contributed by atoms with van der Waals surface area (Å²) in [5.74, 6) is -2.52. The van der Waals surface area contributed by atoms with Crippen molar-refractivity contribution in [3.05, 3.63) is 93.5 Å². The predicted octanol–water partition coefficient (Wildman–Crippen LogP) is 4.11.